The first kappa shape index (κ1) is 15.8. The standard InChI is InChI=1S/C18H25N3O2/c22-17(12-19-18(23)20-16-8-2-1-3-9-16)21-11-10-14-6-4-5-7-15(14)13-21/h1-3,8-9,14-15H,4-7,10-13H2,(H2,19,20,23). The van der Waals surface area contributed by atoms with E-state index in [1.807, 2.05) is 35.2 Å². The smallest absolute Gasteiger partial charge is 0.319 e. The maximum Gasteiger partial charge on any atom is 0.319 e. The molecule has 1 saturated heterocycles. The van der Waals surface area contributed by atoms with Gasteiger partial charge in [0, 0.05) is 18.8 Å². The van der Waals surface area contributed by atoms with Crippen molar-refractivity contribution in [3.8, 4) is 0 Å². The molecule has 1 aromatic rings. The van der Waals surface area contributed by atoms with E-state index in [2.05, 4.69) is 10.6 Å². The number of carbonyl (C=O) groups excluding carboxylic acids is 2. The zero-order chi connectivity index (χ0) is 16.1. The minimum absolute atomic E-state index is 0.0252. The molecule has 2 atom stereocenters. The lowest BCUT2D eigenvalue weighted by Gasteiger charge is -2.41. The second-order valence-corrected chi connectivity index (χ2v) is 6.61. The number of likely N-dealkylation sites (tertiary alicyclic amines) is 1. The van der Waals surface area contributed by atoms with Gasteiger partial charge in [-0.15, -0.1) is 0 Å². The molecule has 124 valence electrons. The Balaban J connectivity index is 1.43. The van der Waals surface area contributed by atoms with E-state index in [1.54, 1.807) is 0 Å². The van der Waals surface area contributed by atoms with Gasteiger partial charge in [0.15, 0.2) is 0 Å². The van der Waals surface area contributed by atoms with E-state index in [-0.39, 0.29) is 18.5 Å². The molecular weight excluding hydrogens is 290 g/mol. The highest BCUT2D eigenvalue weighted by atomic mass is 16.2. The third kappa shape index (κ3) is 4.24. The number of para-hydroxylation sites is 1. The highest BCUT2D eigenvalue weighted by Gasteiger charge is 2.32. The quantitative estimate of drug-likeness (QED) is 0.901. The summed E-state index contributed by atoms with van der Waals surface area (Å²) >= 11 is 0. The highest BCUT2D eigenvalue weighted by molar-refractivity contribution is 5.92. The highest BCUT2D eigenvalue weighted by Crippen LogP contribution is 2.35. The number of nitrogens with one attached hydrogen (secondary N) is 2. The van der Waals surface area contributed by atoms with Gasteiger partial charge in [0.1, 0.15) is 0 Å². The van der Waals surface area contributed by atoms with Gasteiger partial charge in [-0.25, -0.2) is 4.79 Å². The van der Waals surface area contributed by atoms with E-state index >= 15 is 0 Å². The number of hydrogen-bond acceptors (Lipinski definition) is 2. The van der Waals surface area contributed by atoms with Crippen LogP contribution in [0.5, 0.6) is 0 Å². The van der Waals surface area contributed by atoms with Crippen molar-refractivity contribution < 1.29 is 9.59 Å². The predicted molar refractivity (Wildman–Crippen MR) is 90.1 cm³/mol. The lowest BCUT2D eigenvalue weighted by atomic mass is 9.75. The molecule has 2 unspecified atom stereocenters. The molecule has 2 aliphatic rings. The molecule has 2 N–H and O–H groups in total. The molecular formula is C18H25N3O2. The lowest BCUT2D eigenvalue weighted by molar-refractivity contribution is -0.133. The van der Waals surface area contributed by atoms with Crippen LogP contribution in [0.3, 0.4) is 0 Å². The van der Waals surface area contributed by atoms with E-state index in [0.717, 1.165) is 31.1 Å². The third-order valence-corrected chi connectivity index (χ3v) is 5.08. The fourth-order valence-electron chi connectivity index (χ4n) is 3.79. The molecule has 3 amide bonds. The van der Waals surface area contributed by atoms with Crippen molar-refractivity contribution in [3.05, 3.63) is 30.3 Å². The molecule has 0 spiro atoms. The largest absolute Gasteiger partial charge is 0.341 e. The van der Waals surface area contributed by atoms with Crippen LogP contribution in [-0.2, 0) is 4.79 Å². The molecule has 3 rings (SSSR count). The Hall–Kier alpha value is -2.04. The summed E-state index contributed by atoms with van der Waals surface area (Å²) < 4.78 is 0. The molecule has 5 heteroatoms. The zero-order valence-electron chi connectivity index (χ0n) is 13.5. The molecule has 1 saturated carbocycles. The summed E-state index contributed by atoms with van der Waals surface area (Å²) in [6, 6.07) is 8.90. The van der Waals surface area contributed by atoms with Gasteiger partial charge in [0.05, 0.1) is 6.54 Å². The number of nitrogens with zero attached hydrogens (tertiary/aromatic N) is 1. The van der Waals surface area contributed by atoms with Crippen LogP contribution in [0.15, 0.2) is 30.3 Å². The molecule has 23 heavy (non-hydrogen) atoms. The summed E-state index contributed by atoms with van der Waals surface area (Å²) in [7, 11) is 0. The van der Waals surface area contributed by atoms with Crippen LogP contribution in [0.4, 0.5) is 10.5 Å². The minimum atomic E-state index is -0.336. The molecule has 1 aliphatic heterocycles. The van der Waals surface area contributed by atoms with E-state index < -0.39 is 0 Å². The van der Waals surface area contributed by atoms with Crippen molar-refractivity contribution in [3.63, 3.8) is 0 Å². The Kier molecular flexibility index (Phi) is 5.16. The van der Waals surface area contributed by atoms with Crippen molar-refractivity contribution in [2.24, 2.45) is 11.8 Å². The van der Waals surface area contributed by atoms with E-state index in [0.29, 0.717) is 5.92 Å². The van der Waals surface area contributed by atoms with Crippen LogP contribution in [0.1, 0.15) is 32.1 Å². The summed E-state index contributed by atoms with van der Waals surface area (Å²) in [6.07, 6.45) is 6.32. The van der Waals surface area contributed by atoms with E-state index in [1.165, 1.54) is 25.7 Å². The second kappa shape index (κ2) is 7.49. The summed E-state index contributed by atoms with van der Waals surface area (Å²) in [6.45, 7) is 1.77. The fraction of sp³-hybridized carbons (Fsp3) is 0.556. The van der Waals surface area contributed by atoms with E-state index in [4.69, 9.17) is 0 Å². The monoisotopic (exact) mass is 315 g/mol. The van der Waals surface area contributed by atoms with Gasteiger partial charge in [-0.05, 0) is 36.8 Å². The normalized spacial score (nSPS) is 23.7. The number of carbonyl (C=O) groups is 2. The van der Waals surface area contributed by atoms with Gasteiger partial charge in [-0.2, -0.15) is 0 Å². The average molecular weight is 315 g/mol. The van der Waals surface area contributed by atoms with E-state index in [9.17, 15) is 9.59 Å². The van der Waals surface area contributed by atoms with Crippen LogP contribution < -0.4 is 10.6 Å². The maximum absolute atomic E-state index is 12.3. The summed E-state index contributed by atoms with van der Waals surface area (Å²) in [5.41, 5.74) is 0.723. The molecule has 1 heterocycles. The average Bonchev–Trinajstić information content (AvgIpc) is 2.60. The van der Waals surface area contributed by atoms with Gasteiger partial charge >= 0.3 is 6.03 Å². The number of piperidine rings is 1. The van der Waals surface area contributed by atoms with Crippen molar-refractivity contribution in [1.29, 1.82) is 0 Å². The molecule has 5 nitrogen and oxygen atoms in total. The Morgan fingerprint density at radius 1 is 1.04 bits per heavy atom. The van der Waals surface area contributed by atoms with Crippen LogP contribution >= 0.6 is 0 Å². The van der Waals surface area contributed by atoms with Crippen molar-refractivity contribution in [1.82, 2.24) is 10.2 Å². The first-order chi connectivity index (χ1) is 11.2. The zero-order valence-corrected chi connectivity index (χ0v) is 13.5. The number of fused-ring (bicyclic) bond motifs is 1. The summed E-state index contributed by atoms with van der Waals surface area (Å²) in [4.78, 5) is 26.1. The third-order valence-electron chi connectivity index (χ3n) is 5.08. The molecule has 0 bridgehead atoms. The molecule has 1 aromatic carbocycles. The van der Waals surface area contributed by atoms with Crippen molar-refractivity contribution in [2.75, 3.05) is 25.0 Å². The second-order valence-electron chi connectivity index (χ2n) is 6.61. The summed E-state index contributed by atoms with van der Waals surface area (Å²) in [5.74, 6) is 1.50. The fourth-order valence-corrected chi connectivity index (χ4v) is 3.79. The van der Waals surface area contributed by atoms with Crippen molar-refractivity contribution in [2.45, 2.75) is 32.1 Å². The van der Waals surface area contributed by atoms with Gasteiger partial charge in [0.25, 0.3) is 0 Å². The first-order valence-electron chi connectivity index (χ1n) is 8.60. The number of urea groups is 1. The van der Waals surface area contributed by atoms with Crippen LogP contribution in [0.2, 0.25) is 0 Å². The molecule has 0 radical (unpaired) electrons. The Bertz CT molecular complexity index is 546. The van der Waals surface area contributed by atoms with Gasteiger partial charge in [-0.3, -0.25) is 4.79 Å². The summed E-state index contributed by atoms with van der Waals surface area (Å²) in [5, 5.41) is 5.38. The molecule has 0 aromatic heterocycles. The van der Waals surface area contributed by atoms with Crippen LogP contribution in [-0.4, -0.2) is 36.5 Å². The number of anilines is 1. The Morgan fingerprint density at radius 2 is 1.78 bits per heavy atom. The van der Waals surface area contributed by atoms with Crippen LogP contribution in [0, 0.1) is 11.8 Å². The Morgan fingerprint density at radius 3 is 2.57 bits per heavy atom. The predicted octanol–water partition coefficient (Wildman–Crippen LogP) is 2.85. The number of amides is 3. The number of rotatable bonds is 3. The number of hydrogen-bond donors (Lipinski definition) is 2. The van der Waals surface area contributed by atoms with Crippen molar-refractivity contribution >= 4 is 17.6 Å². The topological polar surface area (TPSA) is 61.4 Å². The van der Waals surface area contributed by atoms with Gasteiger partial charge < -0.3 is 15.5 Å². The SMILES string of the molecule is O=C(NCC(=O)N1CCC2CCCCC2C1)Nc1ccccc1. The molecule has 1 aliphatic carbocycles. The van der Waals surface area contributed by atoms with Gasteiger partial charge in [-0.1, -0.05) is 37.5 Å². The molecule has 2 fully saturated rings. The lowest BCUT2D eigenvalue weighted by Crippen LogP contribution is -2.48. The minimum Gasteiger partial charge on any atom is -0.341 e. The van der Waals surface area contributed by atoms with Gasteiger partial charge in [0.2, 0.25) is 5.91 Å². The van der Waals surface area contributed by atoms with Crippen LogP contribution in [0.25, 0.3) is 0 Å². The Labute approximate surface area is 137 Å². The number of benzene rings is 1. The maximum atomic E-state index is 12.3. The first-order valence-corrected chi connectivity index (χ1v) is 8.60.